The van der Waals surface area contributed by atoms with Crippen molar-refractivity contribution in [3.8, 4) is 17.1 Å². The molecule has 1 aromatic carbocycles. The van der Waals surface area contributed by atoms with Crippen LogP contribution in [0.15, 0.2) is 6.07 Å². The predicted octanol–water partition coefficient (Wildman–Crippen LogP) is 4.08. The van der Waals surface area contributed by atoms with Crippen molar-refractivity contribution in [2.45, 2.75) is 68.9 Å². The van der Waals surface area contributed by atoms with E-state index < -0.39 is 88.4 Å². The normalized spacial score (nSPS) is 25.9. The Morgan fingerprint density at radius 1 is 1.07 bits per heavy atom. The molecule has 3 fully saturated rings. The lowest BCUT2D eigenvalue weighted by Gasteiger charge is -2.47. The zero-order valence-electron chi connectivity index (χ0n) is 23.1. The minimum absolute atomic E-state index is 0.0226. The molecule has 4 atom stereocenters. The van der Waals surface area contributed by atoms with E-state index in [1.165, 1.54) is 0 Å². The van der Waals surface area contributed by atoms with Crippen molar-refractivity contribution in [2.75, 3.05) is 35.2 Å². The summed E-state index contributed by atoms with van der Waals surface area (Å²) in [6.07, 6.45) is -9.17. The van der Waals surface area contributed by atoms with Gasteiger partial charge in [-0.1, -0.05) is 0 Å². The molecular weight excluding hydrogens is 606 g/mol. The van der Waals surface area contributed by atoms with E-state index in [2.05, 4.69) is 20.3 Å². The molecule has 3 saturated heterocycles. The van der Waals surface area contributed by atoms with Crippen LogP contribution in [-0.2, 0) is 6.18 Å². The fraction of sp³-hybridized carbons (Fsp3) is 0.519. The van der Waals surface area contributed by atoms with Gasteiger partial charge in [-0.3, -0.25) is 0 Å². The Kier molecular flexibility index (Phi) is 6.03. The fourth-order valence-corrected chi connectivity index (χ4v) is 6.90. The lowest BCUT2D eigenvalue weighted by atomic mass is 9.94. The van der Waals surface area contributed by atoms with E-state index in [4.69, 9.17) is 10.5 Å². The zero-order chi connectivity index (χ0) is 31.7. The summed E-state index contributed by atoms with van der Waals surface area (Å²) >= 11 is 0. The van der Waals surface area contributed by atoms with Gasteiger partial charge in [0.15, 0.2) is 11.4 Å². The molecule has 0 amide bonds. The topological polar surface area (TPSA) is 113 Å². The van der Waals surface area contributed by atoms with Crippen LogP contribution in [0.5, 0.6) is 5.88 Å². The summed E-state index contributed by atoms with van der Waals surface area (Å²) in [5, 5.41) is 13.5. The Bertz CT molecular complexity index is 1710. The number of benzene rings is 1. The summed E-state index contributed by atoms with van der Waals surface area (Å²) in [7, 11) is 0. The highest BCUT2D eigenvalue weighted by Gasteiger charge is 2.62. The molecule has 6 heterocycles. The van der Waals surface area contributed by atoms with Crippen LogP contribution in [0.4, 0.5) is 52.6 Å². The van der Waals surface area contributed by atoms with E-state index in [1.54, 1.807) is 6.92 Å². The van der Waals surface area contributed by atoms with Crippen molar-refractivity contribution in [1.29, 1.82) is 0 Å². The maximum absolute atomic E-state index is 16.5. The number of nitrogens with two attached hydrogens (primary N) is 1. The van der Waals surface area contributed by atoms with E-state index >= 15 is 4.39 Å². The van der Waals surface area contributed by atoms with Gasteiger partial charge in [-0.05, 0) is 38.3 Å². The van der Waals surface area contributed by atoms with Crippen LogP contribution in [0.25, 0.3) is 22.2 Å². The van der Waals surface area contributed by atoms with Crippen molar-refractivity contribution < 1.29 is 45.0 Å². The summed E-state index contributed by atoms with van der Waals surface area (Å²) in [5.74, 6) is -3.25. The van der Waals surface area contributed by atoms with E-state index in [0.29, 0.717) is 12.6 Å². The molecule has 236 valence electrons. The Hall–Kier alpha value is -3.73. The average Bonchev–Trinajstić information content (AvgIpc) is 3.23. The molecule has 0 radical (unpaired) electrons. The van der Waals surface area contributed by atoms with Gasteiger partial charge in [-0.25, -0.2) is 18.7 Å². The molecule has 7 rings (SSSR count). The fourth-order valence-electron chi connectivity index (χ4n) is 6.90. The molecule has 4 aliphatic heterocycles. The number of hydrogen-bond donors (Lipinski definition) is 3. The van der Waals surface area contributed by atoms with Gasteiger partial charge in [-0.15, -0.1) is 0 Å². The highest BCUT2D eigenvalue weighted by Crippen LogP contribution is 2.48. The van der Waals surface area contributed by atoms with Gasteiger partial charge < -0.3 is 30.7 Å². The summed E-state index contributed by atoms with van der Waals surface area (Å²) in [4.78, 5) is 15.7. The SMILES string of the molecule is Cc1c(F)c(N)cc(-c2nc3c4c(nc(N5CC(O)(C(F)(F)F)C5)nc4c2F)N2C[C@H]4CC[C@H](N4)[C@H]2[C@H](C)O3)c1C(F)(F)F. The van der Waals surface area contributed by atoms with Gasteiger partial charge in [0.05, 0.1) is 30.4 Å². The molecule has 3 aromatic rings. The number of hydrogen-bond acceptors (Lipinski definition) is 9. The molecule has 0 saturated carbocycles. The number of nitrogen functional groups attached to an aromatic ring is 1. The largest absolute Gasteiger partial charge is 0.472 e. The first-order chi connectivity index (χ1) is 20.5. The van der Waals surface area contributed by atoms with Crippen LogP contribution in [-0.4, -0.2) is 75.7 Å². The van der Waals surface area contributed by atoms with E-state index in [-0.39, 0.29) is 35.1 Å². The van der Waals surface area contributed by atoms with Crippen LogP contribution in [0.2, 0.25) is 0 Å². The van der Waals surface area contributed by atoms with Crippen molar-refractivity contribution in [2.24, 2.45) is 0 Å². The Labute approximate surface area is 244 Å². The molecule has 0 spiro atoms. The molecule has 2 bridgehead atoms. The minimum Gasteiger partial charge on any atom is -0.472 e. The third-order valence-corrected chi connectivity index (χ3v) is 9.02. The molecule has 0 unspecified atom stereocenters. The Morgan fingerprint density at radius 3 is 2.43 bits per heavy atom. The third-order valence-electron chi connectivity index (χ3n) is 9.02. The van der Waals surface area contributed by atoms with Crippen LogP contribution in [0, 0.1) is 18.6 Å². The van der Waals surface area contributed by atoms with E-state index in [1.807, 2.05) is 4.90 Å². The summed E-state index contributed by atoms with van der Waals surface area (Å²) in [6, 6.07) is 0.142. The first-order valence-electron chi connectivity index (χ1n) is 13.8. The number of aromatic nitrogens is 3. The van der Waals surface area contributed by atoms with Crippen LogP contribution < -0.4 is 25.6 Å². The predicted molar refractivity (Wildman–Crippen MR) is 141 cm³/mol. The molecular formula is C27H25F8N7O2. The number of piperazine rings is 1. The minimum atomic E-state index is -5.15. The number of fused-ring (bicyclic) bond motifs is 5. The van der Waals surface area contributed by atoms with Gasteiger partial charge in [0, 0.05) is 24.2 Å². The number of aliphatic hydroxyl groups is 1. The molecule has 4 N–H and O–H groups in total. The van der Waals surface area contributed by atoms with Gasteiger partial charge in [0.2, 0.25) is 11.8 Å². The van der Waals surface area contributed by atoms with E-state index in [0.717, 1.165) is 24.7 Å². The smallest absolute Gasteiger partial charge is 0.420 e. The molecule has 4 aliphatic rings. The lowest BCUT2D eigenvalue weighted by molar-refractivity contribution is -0.267. The highest BCUT2D eigenvalue weighted by atomic mass is 19.4. The molecule has 2 aromatic heterocycles. The number of nitrogens with one attached hydrogen (secondary N) is 1. The number of halogens is 8. The summed E-state index contributed by atoms with van der Waals surface area (Å²) in [6.45, 7) is 1.07. The second-order valence-corrected chi connectivity index (χ2v) is 11.9. The van der Waals surface area contributed by atoms with Crippen molar-refractivity contribution in [3.05, 3.63) is 28.8 Å². The number of nitrogens with zero attached hydrogens (tertiary/aromatic N) is 5. The highest BCUT2D eigenvalue weighted by molar-refractivity contribution is 5.98. The van der Waals surface area contributed by atoms with Crippen molar-refractivity contribution in [1.82, 2.24) is 20.3 Å². The number of rotatable bonds is 2. The van der Waals surface area contributed by atoms with Gasteiger partial charge in [-0.2, -0.15) is 31.3 Å². The number of pyridine rings is 1. The maximum Gasteiger partial charge on any atom is 0.420 e. The third kappa shape index (κ3) is 4.07. The standard InChI is InChI=1S/C27H25F8N7O2/c1-9-16(26(30,31)32)12(5-13(36)17(9)28)19-18(29)20-15-22(40-24(39-20)41-7-25(43,8-41)27(33,34)35)42-6-11-3-4-14(37-11)21(42)10(2)44-23(15)38-19/h5,10-11,14,21,37,43H,3-4,6-8,36H2,1-2H3/t10-,11+,14-,21+/m0/s1. The number of anilines is 3. The van der Waals surface area contributed by atoms with Gasteiger partial charge in [0.25, 0.3) is 0 Å². The average molecular weight is 632 g/mol. The van der Waals surface area contributed by atoms with Crippen LogP contribution >= 0.6 is 0 Å². The summed E-state index contributed by atoms with van der Waals surface area (Å²) in [5.41, 5.74) is -2.74. The number of ether oxygens (including phenoxy) is 1. The van der Waals surface area contributed by atoms with Crippen LogP contribution in [0.1, 0.15) is 30.9 Å². The quantitative estimate of drug-likeness (QED) is 0.285. The summed E-state index contributed by atoms with van der Waals surface area (Å²) < 4.78 is 120. The van der Waals surface area contributed by atoms with Gasteiger partial charge >= 0.3 is 12.4 Å². The second-order valence-electron chi connectivity index (χ2n) is 11.9. The first-order valence-corrected chi connectivity index (χ1v) is 13.8. The molecule has 17 heteroatoms. The second kappa shape index (κ2) is 9.15. The van der Waals surface area contributed by atoms with Gasteiger partial charge in [0.1, 0.15) is 34.3 Å². The molecule has 0 aliphatic carbocycles. The monoisotopic (exact) mass is 631 g/mol. The lowest BCUT2D eigenvalue weighted by Crippen LogP contribution is -2.69. The van der Waals surface area contributed by atoms with Crippen molar-refractivity contribution >= 4 is 28.4 Å². The van der Waals surface area contributed by atoms with E-state index in [9.17, 15) is 35.8 Å². The first kappa shape index (κ1) is 29.0. The maximum atomic E-state index is 16.5. The Morgan fingerprint density at radius 2 is 1.77 bits per heavy atom. The number of alkyl halides is 6. The molecule has 9 nitrogen and oxygen atoms in total. The zero-order valence-corrected chi connectivity index (χ0v) is 23.1. The number of β-amino-alcohol motifs (C(OH)–C–C–N with tert-alkyl or cyclic N) is 1. The Balaban J connectivity index is 1.49. The van der Waals surface area contributed by atoms with Crippen molar-refractivity contribution in [3.63, 3.8) is 0 Å². The van der Waals surface area contributed by atoms with Crippen LogP contribution in [0.3, 0.4) is 0 Å². The molecule has 44 heavy (non-hydrogen) atoms.